The summed E-state index contributed by atoms with van der Waals surface area (Å²) < 4.78 is 2.86. The number of rotatable bonds is 5. The third-order valence-corrected chi connectivity index (χ3v) is 6.23. The molecule has 0 unspecified atom stereocenters. The van der Waals surface area contributed by atoms with Crippen molar-refractivity contribution in [3.05, 3.63) is 38.9 Å². The lowest BCUT2D eigenvalue weighted by Crippen LogP contribution is -2.30. The molecule has 2 aromatic rings. The molecule has 0 aliphatic heterocycles. The fraction of sp³-hybridized carbons (Fsp3) is 0.619. The van der Waals surface area contributed by atoms with Crippen LogP contribution in [-0.2, 0) is 6.54 Å². The maximum atomic E-state index is 13.1. The number of hydrogen-bond acceptors (Lipinski definition) is 2. The first kappa shape index (κ1) is 18.6. The van der Waals surface area contributed by atoms with Crippen LogP contribution in [-0.4, -0.2) is 9.55 Å². The van der Waals surface area contributed by atoms with Crippen molar-refractivity contribution in [2.45, 2.75) is 71.8 Å². The maximum absolute atomic E-state index is 13.1. The van der Waals surface area contributed by atoms with E-state index in [2.05, 4.69) is 36.7 Å². The largest absolute Gasteiger partial charge is 0.296 e. The molecule has 0 bridgehead atoms. The maximum Gasteiger partial charge on any atom is 0.261 e. The first-order chi connectivity index (χ1) is 12.0. The van der Waals surface area contributed by atoms with Gasteiger partial charge < -0.3 is 0 Å². The number of benzene rings is 1. The SMILES string of the molecule is CCC[C@@H](c1nc2ccc(Br)cc2c(=O)n1CC)[C@H]1CCC[C@@H](C)C1. The van der Waals surface area contributed by atoms with Gasteiger partial charge in [-0.15, -0.1) is 0 Å². The predicted octanol–water partition coefficient (Wildman–Crippen LogP) is 5.89. The zero-order chi connectivity index (χ0) is 18.0. The molecule has 1 saturated carbocycles. The van der Waals surface area contributed by atoms with Crippen LogP contribution < -0.4 is 5.56 Å². The van der Waals surface area contributed by atoms with Crippen molar-refractivity contribution in [3.63, 3.8) is 0 Å². The van der Waals surface area contributed by atoms with Crippen LogP contribution in [0.25, 0.3) is 10.9 Å². The summed E-state index contributed by atoms with van der Waals surface area (Å²) in [5.74, 6) is 2.86. The smallest absolute Gasteiger partial charge is 0.261 e. The average molecular weight is 405 g/mol. The van der Waals surface area contributed by atoms with Crippen molar-refractivity contribution in [3.8, 4) is 0 Å². The first-order valence-corrected chi connectivity index (χ1v) is 10.5. The summed E-state index contributed by atoms with van der Waals surface area (Å²) in [4.78, 5) is 18.1. The van der Waals surface area contributed by atoms with Crippen LogP contribution in [0.5, 0.6) is 0 Å². The fourth-order valence-corrected chi connectivity index (χ4v) is 4.89. The van der Waals surface area contributed by atoms with E-state index in [1.54, 1.807) is 0 Å². The summed E-state index contributed by atoms with van der Waals surface area (Å²) in [6.07, 6.45) is 7.44. The molecule has 0 spiro atoms. The Morgan fingerprint density at radius 3 is 2.80 bits per heavy atom. The molecule has 1 aliphatic carbocycles. The monoisotopic (exact) mass is 404 g/mol. The van der Waals surface area contributed by atoms with E-state index in [1.165, 1.54) is 25.7 Å². The van der Waals surface area contributed by atoms with Crippen molar-refractivity contribution in [1.82, 2.24) is 9.55 Å². The minimum atomic E-state index is 0.105. The molecule has 3 atom stereocenters. The highest BCUT2D eigenvalue weighted by atomic mass is 79.9. The van der Waals surface area contributed by atoms with Gasteiger partial charge in [-0.25, -0.2) is 4.98 Å². The zero-order valence-corrected chi connectivity index (χ0v) is 17.2. The Labute approximate surface area is 159 Å². The topological polar surface area (TPSA) is 34.9 Å². The van der Waals surface area contributed by atoms with E-state index in [0.717, 1.165) is 34.6 Å². The van der Waals surface area contributed by atoms with E-state index >= 15 is 0 Å². The van der Waals surface area contributed by atoms with Gasteiger partial charge >= 0.3 is 0 Å². The van der Waals surface area contributed by atoms with Gasteiger partial charge in [0.15, 0.2) is 0 Å². The van der Waals surface area contributed by atoms with Gasteiger partial charge in [0.1, 0.15) is 5.82 Å². The van der Waals surface area contributed by atoms with Crippen LogP contribution in [0, 0.1) is 11.8 Å². The molecule has 0 N–H and O–H groups in total. The Kier molecular flexibility index (Phi) is 5.98. The number of fused-ring (bicyclic) bond motifs is 1. The molecule has 3 nitrogen and oxygen atoms in total. The van der Waals surface area contributed by atoms with E-state index in [-0.39, 0.29) is 5.56 Å². The fourth-order valence-electron chi connectivity index (χ4n) is 4.53. The van der Waals surface area contributed by atoms with E-state index in [4.69, 9.17) is 4.98 Å². The second-order valence-electron chi connectivity index (χ2n) is 7.61. The Morgan fingerprint density at radius 1 is 1.32 bits per heavy atom. The van der Waals surface area contributed by atoms with Crippen LogP contribution >= 0.6 is 15.9 Å². The molecule has 0 amide bonds. The quantitative estimate of drug-likeness (QED) is 0.622. The Bertz CT molecular complexity index is 798. The lowest BCUT2D eigenvalue weighted by Gasteiger charge is -2.34. The summed E-state index contributed by atoms with van der Waals surface area (Å²) in [6.45, 7) is 7.36. The molecule has 136 valence electrons. The number of hydrogen-bond donors (Lipinski definition) is 0. The molecule has 0 saturated heterocycles. The van der Waals surface area contributed by atoms with Gasteiger partial charge in [-0.2, -0.15) is 0 Å². The highest BCUT2D eigenvalue weighted by molar-refractivity contribution is 9.10. The molecule has 1 fully saturated rings. The van der Waals surface area contributed by atoms with Gasteiger partial charge in [-0.05, 0) is 56.2 Å². The Balaban J connectivity index is 2.13. The predicted molar refractivity (Wildman–Crippen MR) is 108 cm³/mol. The molecule has 1 heterocycles. The van der Waals surface area contributed by atoms with Gasteiger partial charge in [0.2, 0.25) is 0 Å². The van der Waals surface area contributed by atoms with Crippen LogP contribution in [0.4, 0.5) is 0 Å². The van der Waals surface area contributed by atoms with Crippen molar-refractivity contribution in [1.29, 1.82) is 0 Å². The minimum Gasteiger partial charge on any atom is -0.296 e. The first-order valence-electron chi connectivity index (χ1n) is 9.75. The van der Waals surface area contributed by atoms with Gasteiger partial charge in [0.05, 0.1) is 10.9 Å². The van der Waals surface area contributed by atoms with Crippen molar-refractivity contribution >= 4 is 26.8 Å². The van der Waals surface area contributed by atoms with Crippen LogP contribution in [0.1, 0.15) is 71.0 Å². The zero-order valence-electron chi connectivity index (χ0n) is 15.6. The van der Waals surface area contributed by atoms with Crippen LogP contribution in [0.3, 0.4) is 0 Å². The lowest BCUT2D eigenvalue weighted by molar-refractivity contribution is 0.229. The second-order valence-corrected chi connectivity index (χ2v) is 8.52. The second kappa shape index (κ2) is 8.03. The third kappa shape index (κ3) is 3.84. The van der Waals surface area contributed by atoms with Crippen molar-refractivity contribution < 1.29 is 0 Å². The summed E-state index contributed by atoms with van der Waals surface area (Å²) in [5.41, 5.74) is 0.937. The van der Waals surface area contributed by atoms with Gasteiger partial charge in [-0.1, -0.05) is 49.0 Å². The Hall–Kier alpha value is -1.16. The van der Waals surface area contributed by atoms with E-state index in [0.29, 0.717) is 23.8 Å². The number of aromatic nitrogens is 2. The van der Waals surface area contributed by atoms with Gasteiger partial charge in [0.25, 0.3) is 5.56 Å². The van der Waals surface area contributed by atoms with Gasteiger partial charge in [-0.3, -0.25) is 9.36 Å². The minimum absolute atomic E-state index is 0.105. The summed E-state index contributed by atoms with van der Waals surface area (Å²) in [6, 6.07) is 5.85. The lowest BCUT2D eigenvalue weighted by atomic mass is 9.74. The molecule has 1 aliphatic rings. The van der Waals surface area contributed by atoms with Crippen LogP contribution in [0.2, 0.25) is 0 Å². The normalized spacial score (nSPS) is 22.2. The van der Waals surface area contributed by atoms with Crippen LogP contribution in [0.15, 0.2) is 27.5 Å². The molecule has 1 aromatic heterocycles. The summed E-state index contributed by atoms with van der Waals surface area (Å²) in [5, 5.41) is 0.715. The van der Waals surface area contributed by atoms with Crippen molar-refractivity contribution in [2.24, 2.45) is 11.8 Å². The van der Waals surface area contributed by atoms with E-state index in [1.807, 2.05) is 22.8 Å². The number of nitrogens with zero attached hydrogens (tertiary/aromatic N) is 2. The third-order valence-electron chi connectivity index (χ3n) is 5.74. The molecular weight excluding hydrogens is 376 g/mol. The highest BCUT2D eigenvalue weighted by Crippen LogP contribution is 2.40. The molecule has 25 heavy (non-hydrogen) atoms. The molecule has 4 heteroatoms. The van der Waals surface area contributed by atoms with E-state index in [9.17, 15) is 4.79 Å². The standard InChI is InChI=1S/C21H29BrN2O/c1-4-7-17(15-9-6-8-14(3)12-15)20-23-19-11-10-16(22)13-18(19)21(25)24(20)5-2/h10-11,13-15,17H,4-9,12H2,1-3H3/t14-,15+,17-/m1/s1. The average Bonchev–Trinajstić information content (AvgIpc) is 2.60. The molecular formula is C21H29BrN2O. The highest BCUT2D eigenvalue weighted by Gasteiger charge is 2.30. The summed E-state index contributed by atoms with van der Waals surface area (Å²) >= 11 is 3.48. The number of halogens is 1. The molecule has 1 aromatic carbocycles. The van der Waals surface area contributed by atoms with Crippen molar-refractivity contribution in [2.75, 3.05) is 0 Å². The van der Waals surface area contributed by atoms with Gasteiger partial charge in [0, 0.05) is 16.9 Å². The summed E-state index contributed by atoms with van der Waals surface area (Å²) in [7, 11) is 0. The Morgan fingerprint density at radius 2 is 2.12 bits per heavy atom. The molecule has 3 rings (SSSR count). The molecule has 0 radical (unpaired) electrons. The van der Waals surface area contributed by atoms with E-state index < -0.39 is 0 Å².